The summed E-state index contributed by atoms with van der Waals surface area (Å²) in [5.74, 6) is 0.490. The summed E-state index contributed by atoms with van der Waals surface area (Å²) in [6.07, 6.45) is 2.11. The lowest BCUT2D eigenvalue weighted by molar-refractivity contribution is 0.0681. The number of nitrogens with two attached hydrogens (primary N) is 1. The van der Waals surface area contributed by atoms with Crippen LogP contribution in [0.25, 0.3) is 0 Å². The molecule has 1 fully saturated rings. The average molecular weight is 264 g/mol. The van der Waals surface area contributed by atoms with Gasteiger partial charge in [0.15, 0.2) is 0 Å². The predicted octanol–water partition coefficient (Wildman–Crippen LogP) is 1.53. The molecule has 0 spiro atoms. The van der Waals surface area contributed by atoms with Crippen LogP contribution in [0, 0.1) is 0 Å². The van der Waals surface area contributed by atoms with Gasteiger partial charge in [0.05, 0.1) is 25.0 Å². The summed E-state index contributed by atoms with van der Waals surface area (Å²) >= 11 is 0. The van der Waals surface area contributed by atoms with Crippen LogP contribution < -0.4 is 10.5 Å². The topological polar surface area (TPSA) is 64.8 Å². The minimum Gasteiger partial charge on any atom is -0.495 e. The van der Waals surface area contributed by atoms with Gasteiger partial charge in [-0.25, -0.2) is 0 Å². The van der Waals surface area contributed by atoms with E-state index < -0.39 is 0 Å². The lowest BCUT2D eigenvalue weighted by Gasteiger charge is -2.23. The standard InChI is InChI=1S/C14H20N2O3/c1-18-9-8-16(10-6-7-10)14(17)11-4-3-5-12(19-2)13(11)15/h3-5,10H,6-9,15H2,1-2H3. The zero-order valence-electron chi connectivity index (χ0n) is 11.4. The molecule has 1 aromatic carbocycles. The highest BCUT2D eigenvalue weighted by atomic mass is 16.5. The molecule has 5 heteroatoms. The molecule has 0 aliphatic heterocycles. The van der Waals surface area contributed by atoms with Gasteiger partial charge in [-0.05, 0) is 25.0 Å². The summed E-state index contributed by atoms with van der Waals surface area (Å²) in [5.41, 5.74) is 6.88. The van der Waals surface area contributed by atoms with Crippen molar-refractivity contribution >= 4 is 11.6 Å². The second-order valence-electron chi connectivity index (χ2n) is 4.64. The van der Waals surface area contributed by atoms with Gasteiger partial charge in [0.2, 0.25) is 0 Å². The Labute approximate surface area is 113 Å². The predicted molar refractivity (Wildman–Crippen MR) is 73.3 cm³/mol. The first-order valence-corrected chi connectivity index (χ1v) is 6.41. The number of methoxy groups -OCH3 is 2. The third-order valence-electron chi connectivity index (χ3n) is 3.30. The number of carbonyl (C=O) groups is 1. The lowest BCUT2D eigenvalue weighted by atomic mass is 10.1. The SMILES string of the molecule is COCCN(C(=O)c1cccc(OC)c1N)C1CC1. The van der Waals surface area contributed by atoms with Gasteiger partial charge in [0.25, 0.3) is 5.91 Å². The number of carbonyl (C=O) groups excluding carboxylic acids is 1. The van der Waals surface area contributed by atoms with Crippen molar-refractivity contribution in [2.24, 2.45) is 0 Å². The van der Waals surface area contributed by atoms with Crippen molar-refractivity contribution in [3.05, 3.63) is 23.8 Å². The molecule has 0 radical (unpaired) electrons. The highest BCUT2D eigenvalue weighted by Gasteiger charge is 2.33. The Morgan fingerprint density at radius 1 is 1.42 bits per heavy atom. The number of para-hydroxylation sites is 1. The Kier molecular flexibility index (Phi) is 4.27. The normalized spacial score (nSPS) is 14.2. The minimum absolute atomic E-state index is 0.0454. The molecular weight excluding hydrogens is 244 g/mol. The van der Waals surface area contributed by atoms with Gasteiger partial charge in [-0.3, -0.25) is 4.79 Å². The molecule has 1 aliphatic rings. The first-order valence-electron chi connectivity index (χ1n) is 6.41. The molecule has 5 nitrogen and oxygen atoms in total. The Hall–Kier alpha value is -1.75. The fraction of sp³-hybridized carbons (Fsp3) is 0.500. The zero-order chi connectivity index (χ0) is 13.8. The van der Waals surface area contributed by atoms with Crippen LogP contribution in [0.15, 0.2) is 18.2 Å². The van der Waals surface area contributed by atoms with E-state index in [0.29, 0.717) is 36.2 Å². The fourth-order valence-electron chi connectivity index (χ4n) is 2.09. The number of nitrogens with zero attached hydrogens (tertiary/aromatic N) is 1. The van der Waals surface area contributed by atoms with Crippen molar-refractivity contribution in [2.45, 2.75) is 18.9 Å². The van der Waals surface area contributed by atoms with Crippen LogP contribution in [-0.2, 0) is 4.74 Å². The molecule has 0 saturated heterocycles. The van der Waals surface area contributed by atoms with Gasteiger partial charge in [-0.15, -0.1) is 0 Å². The number of anilines is 1. The molecular formula is C14H20N2O3. The van der Waals surface area contributed by atoms with Crippen LogP contribution in [0.1, 0.15) is 23.2 Å². The van der Waals surface area contributed by atoms with E-state index in [9.17, 15) is 4.79 Å². The van der Waals surface area contributed by atoms with Gasteiger partial charge in [-0.1, -0.05) is 6.07 Å². The molecule has 1 amide bonds. The highest BCUT2D eigenvalue weighted by molar-refractivity contribution is 6.00. The molecule has 2 N–H and O–H groups in total. The van der Waals surface area contributed by atoms with Gasteiger partial charge in [0, 0.05) is 19.7 Å². The van der Waals surface area contributed by atoms with Crippen molar-refractivity contribution in [3.63, 3.8) is 0 Å². The number of hydrogen-bond acceptors (Lipinski definition) is 4. The summed E-state index contributed by atoms with van der Waals surface area (Å²) in [7, 11) is 3.18. The first-order chi connectivity index (χ1) is 9.19. The van der Waals surface area contributed by atoms with Crippen LogP contribution in [0.3, 0.4) is 0 Å². The Balaban J connectivity index is 2.21. The van der Waals surface area contributed by atoms with E-state index in [4.69, 9.17) is 15.2 Å². The van der Waals surface area contributed by atoms with E-state index >= 15 is 0 Å². The largest absolute Gasteiger partial charge is 0.495 e. The van der Waals surface area contributed by atoms with Gasteiger partial charge >= 0.3 is 0 Å². The van der Waals surface area contributed by atoms with Crippen molar-refractivity contribution in [2.75, 3.05) is 33.1 Å². The molecule has 2 rings (SSSR count). The summed E-state index contributed by atoms with van der Waals surface area (Å²) in [4.78, 5) is 14.4. The lowest BCUT2D eigenvalue weighted by Crippen LogP contribution is -2.36. The highest BCUT2D eigenvalue weighted by Crippen LogP contribution is 2.31. The average Bonchev–Trinajstić information content (AvgIpc) is 3.24. The van der Waals surface area contributed by atoms with E-state index in [1.165, 1.54) is 0 Å². The molecule has 0 atom stereocenters. The number of benzene rings is 1. The third-order valence-corrected chi connectivity index (χ3v) is 3.30. The van der Waals surface area contributed by atoms with Crippen LogP contribution in [-0.4, -0.2) is 44.2 Å². The Morgan fingerprint density at radius 2 is 2.16 bits per heavy atom. The van der Waals surface area contributed by atoms with E-state index in [1.54, 1.807) is 32.4 Å². The molecule has 1 aliphatic carbocycles. The first kappa shape index (κ1) is 13.7. The molecule has 104 valence electrons. The van der Waals surface area contributed by atoms with Gasteiger partial charge < -0.3 is 20.1 Å². The van der Waals surface area contributed by atoms with Gasteiger partial charge in [-0.2, -0.15) is 0 Å². The van der Waals surface area contributed by atoms with Crippen LogP contribution in [0.5, 0.6) is 5.75 Å². The maximum atomic E-state index is 12.6. The number of nitrogen functional groups attached to an aromatic ring is 1. The third kappa shape index (κ3) is 2.98. The monoisotopic (exact) mass is 264 g/mol. The van der Waals surface area contributed by atoms with Gasteiger partial charge in [0.1, 0.15) is 5.75 Å². The summed E-state index contributed by atoms with van der Waals surface area (Å²) in [5, 5.41) is 0. The maximum Gasteiger partial charge on any atom is 0.256 e. The van der Waals surface area contributed by atoms with Crippen molar-refractivity contribution in [1.82, 2.24) is 4.90 Å². The maximum absolute atomic E-state index is 12.6. The molecule has 19 heavy (non-hydrogen) atoms. The molecule has 1 aromatic rings. The van der Waals surface area contributed by atoms with E-state index in [2.05, 4.69) is 0 Å². The van der Waals surface area contributed by atoms with Crippen LogP contribution >= 0.6 is 0 Å². The van der Waals surface area contributed by atoms with Crippen molar-refractivity contribution in [3.8, 4) is 5.75 Å². The van der Waals surface area contributed by atoms with E-state index in [0.717, 1.165) is 12.8 Å². The molecule has 0 unspecified atom stereocenters. The van der Waals surface area contributed by atoms with Crippen LogP contribution in [0.2, 0.25) is 0 Å². The molecule has 1 saturated carbocycles. The van der Waals surface area contributed by atoms with Crippen molar-refractivity contribution in [1.29, 1.82) is 0 Å². The second kappa shape index (κ2) is 5.93. The second-order valence-corrected chi connectivity index (χ2v) is 4.64. The Bertz CT molecular complexity index is 458. The Morgan fingerprint density at radius 3 is 2.74 bits per heavy atom. The summed E-state index contributed by atoms with van der Waals surface area (Å²) in [6, 6.07) is 5.60. The molecule has 0 aromatic heterocycles. The van der Waals surface area contributed by atoms with Crippen molar-refractivity contribution < 1.29 is 14.3 Å². The van der Waals surface area contributed by atoms with E-state index in [1.807, 2.05) is 4.90 Å². The van der Waals surface area contributed by atoms with E-state index in [-0.39, 0.29) is 5.91 Å². The summed E-state index contributed by atoms with van der Waals surface area (Å²) in [6.45, 7) is 1.13. The zero-order valence-corrected chi connectivity index (χ0v) is 11.4. The number of rotatable bonds is 6. The molecule has 0 heterocycles. The smallest absolute Gasteiger partial charge is 0.256 e. The molecule has 0 bridgehead atoms. The van der Waals surface area contributed by atoms with Crippen LogP contribution in [0.4, 0.5) is 5.69 Å². The number of hydrogen-bond donors (Lipinski definition) is 1. The quantitative estimate of drug-likeness (QED) is 0.791. The minimum atomic E-state index is -0.0454. The number of ether oxygens (including phenoxy) is 2. The summed E-state index contributed by atoms with van der Waals surface area (Å²) < 4.78 is 10.2. The fourth-order valence-corrected chi connectivity index (χ4v) is 2.09. The number of amides is 1.